The number of sulfonamides is 1. The Hall–Kier alpha value is -2.81. The highest BCUT2D eigenvalue weighted by atomic mass is 32.2. The second kappa shape index (κ2) is 7.20. The predicted molar refractivity (Wildman–Crippen MR) is 94.7 cm³/mol. The number of benzene rings is 2. The first-order chi connectivity index (χ1) is 12.3. The Balaban J connectivity index is 1.76. The molecule has 2 aromatic rings. The fourth-order valence-electron chi connectivity index (χ4n) is 2.48. The van der Waals surface area contributed by atoms with E-state index in [0.717, 1.165) is 16.6 Å². The number of hydrogen-bond acceptors (Lipinski definition) is 5. The van der Waals surface area contributed by atoms with E-state index >= 15 is 0 Å². The molecule has 0 atom stereocenters. The van der Waals surface area contributed by atoms with Crippen LogP contribution in [0.3, 0.4) is 0 Å². The number of carbonyl (C=O) groups excluding carboxylic acids is 1. The van der Waals surface area contributed by atoms with Gasteiger partial charge in [-0.25, -0.2) is 12.8 Å². The maximum Gasteiger partial charge on any atom is 0.245 e. The van der Waals surface area contributed by atoms with Crippen molar-refractivity contribution < 1.29 is 27.1 Å². The molecule has 0 aliphatic carbocycles. The number of anilines is 2. The summed E-state index contributed by atoms with van der Waals surface area (Å²) < 4.78 is 49.1. The van der Waals surface area contributed by atoms with Gasteiger partial charge in [-0.05, 0) is 30.3 Å². The number of rotatable bonds is 5. The van der Waals surface area contributed by atoms with E-state index in [1.165, 1.54) is 18.2 Å². The van der Waals surface area contributed by atoms with E-state index in [9.17, 15) is 17.6 Å². The maximum absolute atomic E-state index is 13.4. The molecule has 1 aliphatic heterocycles. The van der Waals surface area contributed by atoms with E-state index < -0.39 is 28.3 Å². The minimum atomic E-state index is -3.78. The van der Waals surface area contributed by atoms with Gasteiger partial charge in [0.2, 0.25) is 15.9 Å². The molecule has 7 nitrogen and oxygen atoms in total. The van der Waals surface area contributed by atoms with E-state index in [4.69, 9.17) is 9.47 Å². The first kappa shape index (κ1) is 18.0. The molecule has 1 aliphatic rings. The number of fused-ring (bicyclic) bond motifs is 1. The standard InChI is InChI=1S/C17H17FN2O5S/c1-26(22,23)20(14-4-2-3-12(18)9-14)11-17(21)19-13-5-6-15-16(10-13)25-8-7-24-15/h2-6,9-10H,7-8,11H2,1H3,(H,19,21). The maximum atomic E-state index is 13.4. The molecule has 138 valence electrons. The third kappa shape index (κ3) is 4.23. The summed E-state index contributed by atoms with van der Waals surface area (Å²) in [4.78, 5) is 12.3. The van der Waals surface area contributed by atoms with E-state index in [0.29, 0.717) is 30.4 Å². The number of carbonyl (C=O) groups is 1. The summed E-state index contributed by atoms with van der Waals surface area (Å²) in [6.45, 7) is 0.373. The predicted octanol–water partition coefficient (Wildman–Crippen LogP) is 2.00. The van der Waals surface area contributed by atoms with Crippen molar-refractivity contribution in [1.29, 1.82) is 0 Å². The first-order valence-electron chi connectivity index (χ1n) is 7.76. The zero-order valence-electron chi connectivity index (χ0n) is 13.9. The second-order valence-corrected chi connectivity index (χ2v) is 7.56. The Kier molecular flexibility index (Phi) is 4.99. The van der Waals surface area contributed by atoms with Gasteiger partial charge < -0.3 is 14.8 Å². The third-order valence-electron chi connectivity index (χ3n) is 3.61. The molecular formula is C17H17FN2O5S. The zero-order chi connectivity index (χ0) is 18.7. The first-order valence-corrected chi connectivity index (χ1v) is 9.60. The van der Waals surface area contributed by atoms with Gasteiger partial charge in [0.15, 0.2) is 11.5 Å². The zero-order valence-corrected chi connectivity index (χ0v) is 14.8. The van der Waals surface area contributed by atoms with Crippen LogP contribution in [0.2, 0.25) is 0 Å². The monoisotopic (exact) mass is 380 g/mol. The molecular weight excluding hydrogens is 363 g/mol. The molecule has 0 bridgehead atoms. The number of hydrogen-bond donors (Lipinski definition) is 1. The van der Waals surface area contributed by atoms with Gasteiger partial charge in [0.05, 0.1) is 11.9 Å². The molecule has 9 heteroatoms. The normalized spacial score (nSPS) is 13.2. The molecule has 0 fully saturated rings. The van der Waals surface area contributed by atoms with Crippen LogP contribution >= 0.6 is 0 Å². The smallest absolute Gasteiger partial charge is 0.245 e. The van der Waals surface area contributed by atoms with E-state index in [-0.39, 0.29) is 5.69 Å². The lowest BCUT2D eigenvalue weighted by Gasteiger charge is -2.22. The van der Waals surface area contributed by atoms with E-state index in [1.807, 2.05) is 0 Å². The number of halogens is 1. The van der Waals surface area contributed by atoms with Crippen LogP contribution in [0, 0.1) is 5.82 Å². The molecule has 0 saturated carbocycles. The van der Waals surface area contributed by atoms with Crippen LogP contribution in [-0.4, -0.2) is 40.3 Å². The highest BCUT2D eigenvalue weighted by molar-refractivity contribution is 7.92. The second-order valence-electron chi connectivity index (χ2n) is 5.66. The third-order valence-corrected chi connectivity index (χ3v) is 4.75. The average molecular weight is 380 g/mol. The minimum absolute atomic E-state index is 0.0739. The van der Waals surface area contributed by atoms with Crippen molar-refractivity contribution in [2.45, 2.75) is 0 Å². The molecule has 0 aromatic heterocycles. The van der Waals surface area contributed by atoms with Gasteiger partial charge in [-0.1, -0.05) is 6.07 Å². The summed E-state index contributed by atoms with van der Waals surface area (Å²) in [6, 6.07) is 9.92. The largest absolute Gasteiger partial charge is 0.486 e. The van der Waals surface area contributed by atoms with Crippen molar-refractivity contribution in [3.05, 3.63) is 48.3 Å². The van der Waals surface area contributed by atoms with Crippen molar-refractivity contribution in [3.8, 4) is 11.5 Å². The fraction of sp³-hybridized carbons (Fsp3) is 0.235. The lowest BCUT2D eigenvalue weighted by atomic mass is 10.2. The topological polar surface area (TPSA) is 84.9 Å². The lowest BCUT2D eigenvalue weighted by molar-refractivity contribution is -0.114. The van der Waals surface area contributed by atoms with Crippen LogP contribution in [0.1, 0.15) is 0 Å². The van der Waals surface area contributed by atoms with E-state index in [1.54, 1.807) is 18.2 Å². The van der Waals surface area contributed by atoms with Gasteiger partial charge in [0.25, 0.3) is 0 Å². The van der Waals surface area contributed by atoms with Crippen molar-refractivity contribution >= 4 is 27.3 Å². The summed E-state index contributed by atoms with van der Waals surface area (Å²) >= 11 is 0. The molecule has 0 spiro atoms. The Morgan fingerprint density at radius 1 is 1.15 bits per heavy atom. The summed E-state index contributed by atoms with van der Waals surface area (Å²) in [5.41, 5.74) is 0.511. The van der Waals surface area contributed by atoms with Crippen molar-refractivity contribution in [2.24, 2.45) is 0 Å². The Morgan fingerprint density at radius 3 is 2.58 bits per heavy atom. The van der Waals surface area contributed by atoms with Gasteiger partial charge >= 0.3 is 0 Å². The summed E-state index contributed by atoms with van der Waals surface area (Å²) in [5.74, 6) is -0.0920. The molecule has 1 heterocycles. The van der Waals surface area contributed by atoms with Gasteiger partial charge in [-0.15, -0.1) is 0 Å². The van der Waals surface area contributed by atoms with Gasteiger partial charge in [-0.3, -0.25) is 9.10 Å². The minimum Gasteiger partial charge on any atom is -0.486 e. The van der Waals surface area contributed by atoms with Gasteiger partial charge in [0, 0.05) is 11.8 Å². The number of nitrogens with one attached hydrogen (secondary N) is 1. The molecule has 1 amide bonds. The highest BCUT2D eigenvalue weighted by Crippen LogP contribution is 2.32. The van der Waals surface area contributed by atoms with Crippen LogP contribution in [-0.2, 0) is 14.8 Å². The van der Waals surface area contributed by atoms with Crippen molar-refractivity contribution in [3.63, 3.8) is 0 Å². The molecule has 26 heavy (non-hydrogen) atoms. The Bertz CT molecular complexity index is 933. The van der Waals surface area contributed by atoms with Crippen LogP contribution in [0.15, 0.2) is 42.5 Å². The summed E-state index contributed by atoms with van der Waals surface area (Å²) in [5, 5.41) is 2.60. The van der Waals surface area contributed by atoms with Crippen LogP contribution in [0.5, 0.6) is 11.5 Å². The highest BCUT2D eigenvalue weighted by Gasteiger charge is 2.22. The number of ether oxygens (including phenoxy) is 2. The van der Waals surface area contributed by atoms with Crippen LogP contribution in [0.25, 0.3) is 0 Å². The number of nitrogens with zero attached hydrogens (tertiary/aromatic N) is 1. The summed E-state index contributed by atoms with van der Waals surface area (Å²) in [6.07, 6.45) is 0.954. The molecule has 1 N–H and O–H groups in total. The van der Waals surface area contributed by atoms with Crippen LogP contribution < -0.4 is 19.1 Å². The quantitative estimate of drug-likeness (QED) is 0.858. The van der Waals surface area contributed by atoms with Crippen LogP contribution in [0.4, 0.5) is 15.8 Å². The Labute approximate surface area is 150 Å². The molecule has 0 saturated heterocycles. The lowest BCUT2D eigenvalue weighted by Crippen LogP contribution is -2.37. The van der Waals surface area contributed by atoms with Crippen molar-refractivity contribution in [1.82, 2.24) is 0 Å². The average Bonchev–Trinajstić information content (AvgIpc) is 2.58. The van der Waals surface area contributed by atoms with E-state index in [2.05, 4.69) is 5.32 Å². The molecule has 0 radical (unpaired) electrons. The SMILES string of the molecule is CS(=O)(=O)N(CC(=O)Nc1ccc2c(c1)OCCO2)c1cccc(F)c1. The summed E-state index contributed by atoms with van der Waals surface area (Å²) in [7, 11) is -3.78. The van der Waals surface area contributed by atoms with Gasteiger partial charge in [-0.2, -0.15) is 0 Å². The number of amides is 1. The molecule has 2 aromatic carbocycles. The van der Waals surface area contributed by atoms with Crippen molar-refractivity contribution in [2.75, 3.05) is 35.6 Å². The molecule has 3 rings (SSSR count). The van der Waals surface area contributed by atoms with Gasteiger partial charge in [0.1, 0.15) is 25.6 Å². The fourth-order valence-corrected chi connectivity index (χ4v) is 3.33. The Morgan fingerprint density at radius 2 is 1.88 bits per heavy atom. The molecule has 0 unspecified atom stereocenters.